The van der Waals surface area contributed by atoms with Crippen LogP contribution >= 0.6 is 11.5 Å². The third-order valence-corrected chi connectivity index (χ3v) is 1.93. The van der Waals surface area contributed by atoms with Crippen LogP contribution in [0.2, 0.25) is 0 Å². The number of hydrogen-bond acceptors (Lipinski definition) is 3. The van der Waals surface area contributed by atoms with Gasteiger partial charge in [-0.2, -0.15) is 4.37 Å². The van der Waals surface area contributed by atoms with Gasteiger partial charge < -0.3 is 5.73 Å². The molecule has 0 aliphatic heterocycles. The summed E-state index contributed by atoms with van der Waals surface area (Å²) in [5.41, 5.74) is 6.30. The fourth-order valence-electron chi connectivity index (χ4n) is 0.645. The van der Waals surface area contributed by atoms with Gasteiger partial charge in [-0.15, -0.1) is 0 Å². The van der Waals surface area contributed by atoms with E-state index in [9.17, 15) is 0 Å². The number of rotatable bonds is 0. The minimum absolute atomic E-state index is 0.419. The molecule has 0 aliphatic rings. The Hall–Kier alpha value is -0.850. The van der Waals surface area contributed by atoms with E-state index in [1.807, 2.05) is 26.8 Å². The van der Waals surface area contributed by atoms with E-state index >= 15 is 0 Å². The highest BCUT2D eigenvalue weighted by molar-refractivity contribution is 7.06. The van der Waals surface area contributed by atoms with Gasteiger partial charge >= 0.3 is 0 Å². The molecule has 0 spiro atoms. The van der Waals surface area contributed by atoms with Crippen LogP contribution in [0.1, 0.15) is 24.4 Å². The van der Waals surface area contributed by atoms with Crippen LogP contribution in [0.3, 0.4) is 0 Å². The molecule has 1 aromatic rings. The first-order valence-corrected chi connectivity index (χ1v) is 4.50. The lowest BCUT2D eigenvalue weighted by Crippen LogP contribution is -2.29. The van der Waals surface area contributed by atoms with Crippen molar-refractivity contribution in [2.24, 2.45) is 5.73 Å². The molecule has 0 amide bonds. The molecule has 1 aromatic heterocycles. The second kappa shape index (κ2) is 3.26. The molecule has 2 nitrogen and oxygen atoms in total. The molecule has 0 saturated carbocycles. The van der Waals surface area contributed by atoms with E-state index < -0.39 is 5.54 Å². The SMILES string of the molecule is Cc1cc(C#CC(C)(C)N)sn1. The molecule has 0 unspecified atom stereocenters. The normalized spacial score (nSPS) is 10.7. The molecule has 0 fully saturated rings. The molecule has 0 saturated heterocycles. The molecule has 64 valence electrons. The maximum Gasteiger partial charge on any atom is 0.0978 e. The summed E-state index contributed by atoms with van der Waals surface area (Å²) in [7, 11) is 0. The van der Waals surface area contributed by atoms with E-state index in [0.717, 1.165) is 10.6 Å². The van der Waals surface area contributed by atoms with Gasteiger partial charge in [0.2, 0.25) is 0 Å². The molecule has 0 atom stereocenters. The topological polar surface area (TPSA) is 38.9 Å². The minimum Gasteiger partial charge on any atom is -0.316 e. The van der Waals surface area contributed by atoms with Gasteiger partial charge in [-0.05, 0) is 38.4 Å². The van der Waals surface area contributed by atoms with Crippen molar-refractivity contribution in [1.29, 1.82) is 0 Å². The Labute approximate surface area is 77.0 Å². The molecule has 12 heavy (non-hydrogen) atoms. The van der Waals surface area contributed by atoms with Crippen molar-refractivity contribution in [3.8, 4) is 11.8 Å². The quantitative estimate of drug-likeness (QED) is 0.615. The lowest BCUT2D eigenvalue weighted by molar-refractivity contribution is 0.681. The number of nitrogens with two attached hydrogens (primary N) is 1. The lowest BCUT2D eigenvalue weighted by atomic mass is 10.1. The van der Waals surface area contributed by atoms with E-state index in [2.05, 4.69) is 16.2 Å². The van der Waals surface area contributed by atoms with Crippen molar-refractivity contribution in [3.63, 3.8) is 0 Å². The Morgan fingerprint density at radius 3 is 2.67 bits per heavy atom. The maximum atomic E-state index is 5.70. The van der Waals surface area contributed by atoms with Gasteiger partial charge in [-0.3, -0.25) is 0 Å². The van der Waals surface area contributed by atoms with Crippen molar-refractivity contribution in [3.05, 3.63) is 16.6 Å². The summed E-state index contributed by atoms with van der Waals surface area (Å²) in [5, 5.41) is 0. The van der Waals surface area contributed by atoms with Crippen LogP contribution in [0.15, 0.2) is 6.07 Å². The smallest absolute Gasteiger partial charge is 0.0978 e. The van der Waals surface area contributed by atoms with Crippen molar-refractivity contribution < 1.29 is 0 Å². The zero-order valence-electron chi connectivity index (χ0n) is 7.51. The third-order valence-electron chi connectivity index (χ3n) is 1.14. The predicted octanol–water partition coefficient (Wildman–Crippen LogP) is 1.54. The summed E-state index contributed by atoms with van der Waals surface area (Å²) in [6.07, 6.45) is 0. The Morgan fingerprint density at radius 2 is 2.25 bits per heavy atom. The van der Waals surface area contributed by atoms with Crippen LogP contribution < -0.4 is 5.73 Å². The summed E-state index contributed by atoms with van der Waals surface area (Å²) < 4.78 is 4.12. The van der Waals surface area contributed by atoms with E-state index in [-0.39, 0.29) is 0 Å². The standard InChI is InChI=1S/C9H12N2S/c1-7-6-8(12-11-7)4-5-9(2,3)10/h6H,10H2,1-3H3. The lowest BCUT2D eigenvalue weighted by Gasteiger charge is -2.06. The monoisotopic (exact) mass is 180 g/mol. The number of aryl methyl sites for hydroxylation is 1. The average molecular weight is 180 g/mol. The summed E-state index contributed by atoms with van der Waals surface area (Å²) in [6.45, 7) is 5.72. The number of nitrogens with zero attached hydrogens (tertiary/aromatic N) is 1. The fraction of sp³-hybridized carbons (Fsp3) is 0.444. The third kappa shape index (κ3) is 3.04. The van der Waals surface area contributed by atoms with Gasteiger partial charge in [-0.1, -0.05) is 11.8 Å². The molecular weight excluding hydrogens is 168 g/mol. The molecule has 3 heteroatoms. The van der Waals surface area contributed by atoms with Crippen LogP contribution in [-0.4, -0.2) is 9.91 Å². The van der Waals surface area contributed by atoms with E-state index in [0.29, 0.717) is 0 Å². The summed E-state index contributed by atoms with van der Waals surface area (Å²) in [6, 6.07) is 1.96. The maximum absolute atomic E-state index is 5.70. The fourth-order valence-corrected chi connectivity index (χ4v) is 1.26. The molecule has 2 N–H and O–H groups in total. The van der Waals surface area contributed by atoms with Crippen LogP contribution in [0.5, 0.6) is 0 Å². The van der Waals surface area contributed by atoms with Crippen LogP contribution in [0.25, 0.3) is 0 Å². The first-order valence-electron chi connectivity index (χ1n) is 3.73. The highest BCUT2D eigenvalue weighted by Gasteiger charge is 2.03. The van der Waals surface area contributed by atoms with Crippen molar-refractivity contribution in [2.75, 3.05) is 0 Å². The molecule has 0 aromatic carbocycles. The second-order valence-electron chi connectivity index (χ2n) is 3.30. The van der Waals surface area contributed by atoms with E-state index in [1.54, 1.807) is 0 Å². The Balaban J connectivity index is 2.80. The Kier molecular flexibility index (Phi) is 2.51. The molecule has 1 heterocycles. The Bertz CT molecular complexity index is 322. The highest BCUT2D eigenvalue weighted by atomic mass is 32.1. The molecule has 0 aliphatic carbocycles. The number of hydrogen-bond donors (Lipinski definition) is 1. The van der Waals surface area contributed by atoms with E-state index in [4.69, 9.17) is 5.73 Å². The molecule has 0 bridgehead atoms. The van der Waals surface area contributed by atoms with Crippen LogP contribution in [0, 0.1) is 18.8 Å². The van der Waals surface area contributed by atoms with Crippen LogP contribution in [0.4, 0.5) is 0 Å². The number of aromatic nitrogens is 1. The van der Waals surface area contributed by atoms with Crippen molar-refractivity contribution in [2.45, 2.75) is 26.3 Å². The van der Waals surface area contributed by atoms with Gasteiger partial charge in [-0.25, -0.2) is 0 Å². The van der Waals surface area contributed by atoms with Crippen molar-refractivity contribution >= 4 is 11.5 Å². The van der Waals surface area contributed by atoms with Crippen molar-refractivity contribution in [1.82, 2.24) is 4.37 Å². The van der Waals surface area contributed by atoms with Gasteiger partial charge in [0.05, 0.1) is 16.1 Å². The first-order chi connectivity index (χ1) is 5.47. The molecule has 0 radical (unpaired) electrons. The van der Waals surface area contributed by atoms with Gasteiger partial charge in [0.1, 0.15) is 0 Å². The largest absolute Gasteiger partial charge is 0.316 e. The van der Waals surface area contributed by atoms with Gasteiger partial charge in [0, 0.05) is 0 Å². The summed E-state index contributed by atoms with van der Waals surface area (Å²) in [4.78, 5) is 0.978. The predicted molar refractivity (Wildman–Crippen MR) is 52.0 cm³/mol. The van der Waals surface area contributed by atoms with Gasteiger partial charge in [0.15, 0.2) is 0 Å². The molecular formula is C9H12N2S. The zero-order valence-corrected chi connectivity index (χ0v) is 8.33. The highest BCUT2D eigenvalue weighted by Crippen LogP contribution is 2.07. The summed E-state index contributed by atoms with van der Waals surface area (Å²) >= 11 is 1.41. The summed E-state index contributed by atoms with van der Waals surface area (Å²) in [5.74, 6) is 5.94. The van der Waals surface area contributed by atoms with Gasteiger partial charge in [0.25, 0.3) is 0 Å². The van der Waals surface area contributed by atoms with E-state index in [1.165, 1.54) is 11.5 Å². The average Bonchev–Trinajstić information content (AvgIpc) is 2.30. The first kappa shape index (κ1) is 9.24. The molecule has 1 rings (SSSR count). The second-order valence-corrected chi connectivity index (χ2v) is 4.11. The van der Waals surface area contributed by atoms with Crippen LogP contribution in [-0.2, 0) is 0 Å². The Morgan fingerprint density at radius 1 is 1.58 bits per heavy atom. The minimum atomic E-state index is -0.419. The zero-order chi connectivity index (χ0) is 9.19.